The van der Waals surface area contributed by atoms with Crippen LogP contribution in [0.2, 0.25) is 0 Å². The lowest BCUT2D eigenvalue weighted by atomic mass is 9.98. The van der Waals surface area contributed by atoms with E-state index in [1.807, 2.05) is 54.6 Å². The molecular weight excluding hydrogens is 418 g/mol. The Morgan fingerprint density at radius 3 is 2.39 bits per heavy atom. The summed E-state index contributed by atoms with van der Waals surface area (Å²) >= 11 is 0. The van der Waals surface area contributed by atoms with E-state index in [0.717, 1.165) is 11.1 Å². The fourth-order valence-electron chi connectivity index (χ4n) is 4.27. The number of carbonyl (C=O) groups is 1. The molecule has 1 aliphatic rings. The monoisotopic (exact) mass is 441 g/mol. The molecule has 1 amide bonds. The van der Waals surface area contributed by atoms with Crippen LogP contribution in [0.1, 0.15) is 39.7 Å². The zero-order valence-electron chi connectivity index (χ0n) is 17.9. The Balaban J connectivity index is 1.51. The van der Waals surface area contributed by atoms with Gasteiger partial charge in [0.2, 0.25) is 5.76 Å². The molecule has 1 aromatic heterocycles. The molecule has 1 N–H and O–H groups in total. The number of ether oxygens (including phenoxy) is 1. The Morgan fingerprint density at radius 1 is 0.909 bits per heavy atom. The van der Waals surface area contributed by atoms with Gasteiger partial charge in [-0.15, -0.1) is 0 Å². The molecule has 0 aliphatic carbocycles. The van der Waals surface area contributed by atoms with E-state index in [2.05, 4.69) is 0 Å². The van der Waals surface area contributed by atoms with Gasteiger partial charge in [0.1, 0.15) is 17.9 Å². The molecule has 33 heavy (non-hydrogen) atoms. The van der Waals surface area contributed by atoms with Gasteiger partial charge in [-0.05, 0) is 41.8 Å². The van der Waals surface area contributed by atoms with E-state index in [0.29, 0.717) is 41.9 Å². The summed E-state index contributed by atoms with van der Waals surface area (Å²) in [5, 5.41) is 9.79. The second-order valence-electron chi connectivity index (χ2n) is 7.99. The van der Waals surface area contributed by atoms with E-state index in [4.69, 9.17) is 9.15 Å². The standard InChI is InChI=1S/C27H23NO5/c29-16-6-15-28-24(19-11-13-20(14-12-19)32-17-18-7-2-1-3-8-18)23-25(30)21-9-4-5-10-22(21)33-26(23)27(28)31/h1-5,7-14,24,29H,6,15-17H2/t24-/m1/s1. The van der Waals surface area contributed by atoms with Crippen molar-refractivity contribution in [2.45, 2.75) is 19.1 Å². The average molecular weight is 441 g/mol. The van der Waals surface area contributed by atoms with Gasteiger partial charge < -0.3 is 19.2 Å². The summed E-state index contributed by atoms with van der Waals surface area (Å²) in [4.78, 5) is 28.2. The van der Waals surface area contributed by atoms with Crippen molar-refractivity contribution in [2.24, 2.45) is 0 Å². The smallest absolute Gasteiger partial charge is 0.290 e. The summed E-state index contributed by atoms with van der Waals surface area (Å²) in [6.45, 7) is 0.706. The van der Waals surface area contributed by atoms with Crippen LogP contribution in [-0.2, 0) is 6.61 Å². The second kappa shape index (κ2) is 8.92. The number of nitrogens with zero attached hydrogens (tertiary/aromatic N) is 1. The second-order valence-corrected chi connectivity index (χ2v) is 7.99. The van der Waals surface area contributed by atoms with Crippen molar-refractivity contribution >= 4 is 16.9 Å². The Morgan fingerprint density at radius 2 is 1.64 bits per heavy atom. The summed E-state index contributed by atoms with van der Waals surface area (Å²) < 4.78 is 11.8. The lowest BCUT2D eigenvalue weighted by Gasteiger charge is -2.25. The first kappa shape index (κ1) is 21.0. The molecule has 0 fully saturated rings. The van der Waals surface area contributed by atoms with Gasteiger partial charge in [-0.1, -0.05) is 54.6 Å². The number of benzene rings is 3. The average Bonchev–Trinajstić information content (AvgIpc) is 3.14. The molecule has 6 heteroatoms. The molecule has 5 rings (SSSR count). The van der Waals surface area contributed by atoms with Crippen LogP contribution < -0.4 is 10.2 Å². The van der Waals surface area contributed by atoms with Gasteiger partial charge in [-0.2, -0.15) is 0 Å². The molecule has 0 spiro atoms. The molecule has 0 radical (unpaired) electrons. The van der Waals surface area contributed by atoms with Gasteiger partial charge >= 0.3 is 0 Å². The fourth-order valence-corrected chi connectivity index (χ4v) is 4.27. The molecule has 0 unspecified atom stereocenters. The van der Waals surface area contributed by atoms with E-state index in [-0.39, 0.29) is 23.7 Å². The van der Waals surface area contributed by atoms with Crippen LogP contribution in [0, 0.1) is 0 Å². The third-order valence-corrected chi connectivity index (χ3v) is 5.87. The maximum Gasteiger partial charge on any atom is 0.290 e. The maximum atomic E-state index is 13.4. The quantitative estimate of drug-likeness (QED) is 0.463. The van der Waals surface area contributed by atoms with Crippen LogP contribution in [0.15, 0.2) is 88.1 Å². The number of carbonyl (C=O) groups excluding carboxylic acids is 1. The molecule has 1 atom stereocenters. The minimum Gasteiger partial charge on any atom is -0.489 e. The summed E-state index contributed by atoms with van der Waals surface area (Å²) in [5.41, 5.74) is 2.38. The highest BCUT2D eigenvalue weighted by Gasteiger charge is 2.42. The maximum absolute atomic E-state index is 13.4. The van der Waals surface area contributed by atoms with Crippen molar-refractivity contribution in [3.05, 3.63) is 112 Å². The van der Waals surface area contributed by atoms with E-state index < -0.39 is 6.04 Å². The zero-order chi connectivity index (χ0) is 22.8. The van der Waals surface area contributed by atoms with Crippen molar-refractivity contribution in [1.82, 2.24) is 4.90 Å². The lowest BCUT2D eigenvalue weighted by Crippen LogP contribution is -2.31. The fraction of sp³-hybridized carbons (Fsp3) is 0.185. The lowest BCUT2D eigenvalue weighted by molar-refractivity contribution is 0.0716. The van der Waals surface area contributed by atoms with Crippen LogP contribution in [0.5, 0.6) is 5.75 Å². The normalized spacial score (nSPS) is 15.1. The van der Waals surface area contributed by atoms with Crippen LogP contribution >= 0.6 is 0 Å². The van der Waals surface area contributed by atoms with Crippen molar-refractivity contribution in [3.63, 3.8) is 0 Å². The Kier molecular flexibility index (Phi) is 5.67. The first-order valence-electron chi connectivity index (χ1n) is 10.9. The molecule has 2 heterocycles. The summed E-state index contributed by atoms with van der Waals surface area (Å²) in [6.07, 6.45) is 0.405. The molecule has 0 bridgehead atoms. The third kappa shape index (κ3) is 3.90. The van der Waals surface area contributed by atoms with Gasteiger partial charge in [-0.25, -0.2) is 0 Å². The number of fused-ring (bicyclic) bond motifs is 2. The van der Waals surface area contributed by atoms with Crippen molar-refractivity contribution in [2.75, 3.05) is 13.2 Å². The highest BCUT2D eigenvalue weighted by atomic mass is 16.5. The molecule has 0 saturated carbocycles. The van der Waals surface area contributed by atoms with Gasteiger partial charge in [0, 0.05) is 13.2 Å². The minimum absolute atomic E-state index is 0.0531. The molecule has 0 saturated heterocycles. The van der Waals surface area contributed by atoms with Crippen LogP contribution in [-0.4, -0.2) is 29.1 Å². The van der Waals surface area contributed by atoms with E-state index >= 15 is 0 Å². The summed E-state index contributed by atoms with van der Waals surface area (Å²) in [7, 11) is 0. The van der Waals surface area contributed by atoms with Gasteiger partial charge in [-0.3, -0.25) is 9.59 Å². The number of hydrogen-bond donors (Lipinski definition) is 1. The van der Waals surface area contributed by atoms with Gasteiger partial charge in [0.05, 0.1) is 17.0 Å². The number of aliphatic hydroxyl groups is 1. The molecule has 3 aromatic carbocycles. The molecule has 1 aliphatic heterocycles. The number of amides is 1. The van der Waals surface area contributed by atoms with Crippen molar-refractivity contribution in [3.8, 4) is 5.75 Å². The topological polar surface area (TPSA) is 80.0 Å². The number of rotatable bonds is 7. The number of para-hydroxylation sites is 1. The van der Waals surface area contributed by atoms with E-state index in [1.54, 1.807) is 29.2 Å². The van der Waals surface area contributed by atoms with Crippen LogP contribution in [0.25, 0.3) is 11.0 Å². The van der Waals surface area contributed by atoms with Gasteiger partial charge in [0.25, 0.3) is 5.91 Å². The Bertz CT molecular complexity index is 1340. The largest absolute Gasteiger partial charge is 0.489 e. The zero-order valence-corrected chi connectivity index (χ0v) is 17.9. The summed E-state index contributed by atoms with van der Waals surface area (Å²) in [5.74, 6) is 0.432. The van der Waals surface area contributed by atoms with Crippen molar-refractivity contribution in [1.29, 1.82) is 0 Å². The summed E-state index contributed by atoms with van der Waals surface area (Å²) in [6, 6.07) is 23.7. The van der Waals surface area contributed by atoms with E-state index in [1.165, 1.54) is 0 Å². The first-order valence-corrected chi connectivity index (χ1v) is 10.9. The molecule has 4 aromatic rings. The van der Waals surface area contributed by atoms with E-state index in [9.17, 15) is 14.7 Å². The highest BCUT2D eigenvalue weighted by molar-refractivity contribution is 5.99. The Labute approximate surface area is 190 Å². The predicted octanol–water partition coefficient (Wildman–Crippen LogP) is 4.30. The SMILES string of the molecule is O=C1c2oc3ccccc3c(=O)c2[C@@H](c2ccc(OCc3ccccc3)cc2)N1CCCO. The third-order valence-electron chi connectivity index (χ3n) is 5.87. The molecule has 166 valence electrons. The van der Waals surface area contributed by atoms with Crippen molar-refractivity contribution < 1.29 is 19.1 Å². The Hall–Kier alpha value is -3.90. The van der Waals surface area contributed by atoms with Gasteiger partial charge in [0.15, 0.2) is 5.43 Å². The first-order chi connectivity index (χ1) is 16.2. The molecular formula is C27H23NO5. The predicted molar refractivity (Wildman–Crippen MR) is 124 cm³/mol. The highest BCUT2D eigenvalue weighted by Crippen LogP contribution is 2.38. The van der Waals surface area contributed by atoms with Crippen LogP contribution in [0.3, 0.4) is 0 Å². The molecule has 6 nitrogen and oxygen atoms in total. The number of aliphatic hydroxyl groups excluding tert-OH is 1. The number of hydrogen-bond acceptors (Lipinski definition) is 5. The van der Waals surface area contributed by atoms with Crippen LogP contribution in [0.4, 0.5) is 0 Å². The minimum atomic E-state index is -0.580.